The van der Waals surface area contributed by atoms with Gasteiger partial charge in [0.05, 0.1) is 0 Å². The second-order valence-corrected chi connectivity index (χ2v) is 4.63. The molecule has 0 fully saturated rings. The quantitative estimate of drug-likeness (QED) is 0.658. The zero-order valence-electron chi connectivity index (χ0n) is 11.4. The SMILES string of the molecule is C/C=C(F)\C=C(\F)C(C)C(CC)CC(CO)CO. The van der Waals surface area contributed by atoms with Crippen molar-refractivity contribution in [1.82, 2.24) is 0 Å². The summed E-state index contributed by atoms with van der Waals surface area (Å²) in [5, 5.41) is 18.1. The third kappa shape index (κ3) is 5.74. The minimum absolute atomic E-state index is 0.0183. The van der Waals surface area contributed by atoms with Crippen LogP contribution in [0.15, 0.2) is 23.8 Å². The minimum atomic E-state index is -0.588. The van der Waals surface area contributed by atoms with Gasteiger partial charge in [0, 0.05) is 31.1 Å². The molecular weight excluding hydrogens is 238 g/mol. The van der Waals surface area contributed by atoms with Gasteiger partial charge in [-0.05, 0) is 19.3 Å². The summed E-state index contributed by atoms with van der Waals surface area (Å²) < 4.78 is 26.8. The average Bonchev–Trinajstić information content (AvgIpc) is 2.39. The molecule has 0 rings (SSSR count). The largest absolute Gasteiger partial charge is 0.396 e. The molecule has 2 unspecified atom stereocenters. The molecule has 0 aromatic carbocycles. The van der Waals surface area contributed by atoms with Gasteiger partial charge in [-0.3, -0.25) is 0 Å². The Morgan fingerprint density at radius 1 is 1.22 bits per heavy atom. The maximum Gasteiger partial charge on any atom is 0.121 e. The number of hydrogen-bond donors (Lipinski definition) is 2. The molecule has 0 aromatic rings. The summed E-state index contributed by atoms with van der Waals surface area (Å²) in [6, 6.07) is 0. The van der Waals surface area contributed by atoms with E-state index in [-0.39, 0.29) is 25.0 Å². The second kappa shape index (κ2) is 9.22. The van der Waals surface area contributed by atoms with Gasteiger partial charge in [0.2, 0.25) is 0 Å². The first-order valence-corrected chi connectivity index (χ1v) is 6.40. The molecule has 2 nitrogen and oxygen atoms in total. The molecule has 0 aromatic heterocycles. The maximum absolute atomic E-state index is 13.8. The summed E-state index contributed by atoms with van der Waals surface area (Å²) in [5.41, 5.74) is 0. The van der Waals surface area contributed by atoms with Crippen molar-refractivity contribution in [2.75, 3.05) is 13.2 Å². The van der Waals surface area contributed by atoms with Crippen molar-refractivity contribution in [1.29, 1.82) is 0 Å². The Labute approximate surface area is 108 Å². The second-order valence-electron chi connectivity index (χ2n) is 4.63. The van der Waals surface area contributed by atoms with Crippen molar-refractivity contribution in [2.45, 2.75) is 33.6 Å². The fourth-order valence-electron chi connectivity index (χ4n) is 1.93. The molecule has 0 amide bonds. The fourth-order valence-corrected chi connectivity index (χ4v) is 1.93. The van der Waals surface area contributed by atoms with Gasteiger partial charge in [0.25, 0.3) is 0 Å². The summed E-state index contributed by atoms with van der Waals surface area (Å²) in [5.74, 6) is -1.75. The summed E-state index contributed by atoms with van der Waals surface area (Å²) in [6.45, 7) is 4.90. The van der Waals surface area contributed by atoms with E-state index in [9.17, 15) is 8.78 Å². The summed E-state index contributed by atoms with van der Waals surface area (Å²) in [6.07, 6.45) is 3.36. The van der Waals surface area contributed by atoms with Crippen molar-refractivity contribution in [2.24, 2.45) is 17.8 Å². The van der Waals surface area contributed by atoms with Crippen LogP contribution in [0.2, 0.25) is 0 Å². The van der Waals surface area contributed by atoms with Gasteiger partial charge >= 0.3 is 0 Å². The van der Waals surface area contributed by atoms with Gasteiger partial charge in [0.1, 0.15) is 11.7 Å². The summed E-state index contributed by atoms with van der Waals surface area (Å²) in [7, 11) is 0. The molecule has 0 bridgehead atoms. The van der Waals surface area contributed by atoms with Gasteiger partial charge in [-0.25, -0.2) is 8.78 Å². The fraction of sp³-hybridized carbons (Fsp3) is 0.714. The highest BCUT2D eigenvalue weighted by atomic mass is 19.1. The Balaban J connectivity index is 4.69. The molecule has 0 radical (unpaired) electrons. The average molecular weight is 262 g/mol. The molecule has 4 heteroatoms. The molecule has 2 N–H and O–H groups in total. The van der Waals surface area contributed by atoms with Crippen molar-refractivity contribution in [3.05, 3.63) is 23.8 Å². The number of aliphatic hydroxyl groups excluding tert-OH is 2. The highest BCUT2D eigenvalue weighted by Gasteiger charge is 2.23. The lowest BCUT2D eigenvalue weighted by Crippen LogP contribution is -2.20. The maximum atomic E-state index is 13.8. The summed E-state index contributed by atoms with van der Waals surface area (Å²) >= 11 is 0. The van der Waals surface area contributed by atoms with E-state index in [0.29, 0.717) is 6.42 Å². The van der Waals surface area contributed by atoms with E-state index >= 15 is 0 Å². The van der Waals surface area contributed by atoms with E-state index < -0.39 is 17.6 Å². The lowest BCUT2D eigenvalue weighted by Gasteiger charge is -2.24. The monoisotopic (exact) mass is 262 g/mol. The van der Waals surface area contributed by atoms with E-state index in [1.807, 2.05) is 6.92 Å². The van der Waals surface area contributed by atoms with Crippen LogP contribution < -0.4 is 0 Å². The Bertz CT molecular complexity index is 284. The lowest BCUT2D eigenvalue weighted by atomic mass is 9.83. The van der Waals surface area contributed by atoms with Crippen LogP contribution in [0.3, 0.4) is 0 Å². The zero-order valence-corrected chi connectivity index (χ0v) is 11.4. The van der Waals surface area contributed by atoms with Crippen molar-refractivity contribution in [3.8, 4) is 0 Å². The Morgan fingerprint density at radius 3 is 2.17 bits per heavy atom. The first-order valence-electron chi connectivity index (χ1n) is 6.40. The minimum Gasteiger partial charge on any atom is -0.396 e. The third-order valence-electron chi connectivity index (χ3n) is 3.37. The van der Waals surface area contributed by atoms with Crippen LogP contribution in [-0.4, -0.2) is 23.4 Å². The summed E-state index contributed by atoms with van der Waals surface area (Å²) in [4.78, 5) is 0. The van der Waals surface area contributed by atoms with Gasteiger partial charge < -0.3 is 10.2 Å². The number of aliphatic hydroxyl groups is 2. The highest BCUT2D eigenvalue weighted by molar-refractivity contribution is 5.15. The third-order valence-corrected chi connectivity index (χ3v) is 3.37. The zero-order chi connectivity index (χ0) is 14.1. The first kappa shape index (κ1) is 17.3. The smallest absolute Gasteiger partial charge is 0.121 e. The normalized spacial score (nSPS) is 17.1. The van der Waals surface area contributed by atoms with Crippen LogP contribution >= 0.6 is 0 Å². The van der Waals surface area contributed by atoms with Crippen LogP contribution in [-0.2, 0) is 0 Å². The molecule has 0 aliphatic carbocycles. The van der Waals surface area contributed by atoms with Gasteiger partial charge in [-0.15, -0.1) is 0 Å². The van der Waals surface area contributed by atoms with E-state index in [1.54, 1.807) is 6.92 Å². The van der Waals surface area contributed by atoms with Crippen molar-refractivity contribution >= 4 is 0 Å². The molecule has 0 saturated heterocycles. The number of halogens is 2. The van der Waals surface area contributed by atoms with Crippen LogP contribution in [0.25, 0.3) is 0 Å². The Morgan fingerprint density at radius 2 is 1.78 bits per heavy atom. The van der Waals surface area contributed by atoms with Crippen LogP contribution in [0, 0.1) is 17.8 Å². The predicted molar refractivity (Wildman–Crippen MR) is 69.3 cm³/mol. The lowest BCUT2D eigenvalue weighted by molar-refractivity contribution is 0.119. The van der Waals surface area contributed by atoms with Gasteiger partial charge in [-0.1, -0.05) is 26.3 Å². The van der Waals surface area contributed by atoms with Crippen LogP contribution in [0.1, 0.15) is 33.6 Å². The Hall–Kier alpha value is -0.740. The van der Waals surface area contributed by atoms with E-state index in [1.165, 1.54) is 13.0 Å². The first-order chi connectivity index (χ1) is 8.49. The van der Waals surface area contributed by atoms with Crippen molar-refractivity contribution < 1.29 is 19.0 Å². The van der Waals surface area contributed by atoms with Gasteiger partial charge in [0.15, 0.2) is 0 Å². The standard InChI is InChI=1S/C14H24F2O2/c1-4-12(6-11(8-17)9-18)10(3)14(16)7-13(15)5-2/h5,7,10-12,17-18H,4,6,8-9H2,1-3H3/b13-5+,14-7+. The predicted octanol–water partition coefficient (Wildman–Crippen LogP) is 3.37. The molecule has 18 heavy (non-hydrogen) atoms. The van der Waals surface area contributed by atoms with E-state index in [4.69, 9.17) is 10.2 Å². The molecule has 0 spiro atoms. The van der Waals surface area contributed by atoms with E-state index in [0.717, 1.165) is 12.5 Å². The topological polar surface area (TPSA) is 40.5 Å². The Kier molecular flexibility index (Phi) is 8.85. The molecule has 0 aliphatic rings. The molecule has 0 heterocycles. The molecular formula is C14H24F2O2. The van der Waals surface area contributed by atoms with Crippen LogP contribution in [0.5, 0.6) is 0 Å². The number of hydrogen-bond acceptors (Lipinski definition) is 2. The molecule has 0 aliphatic heterocycles. The van der Waals surface area contributed by atoms with Crippen molar-refractivity contribution in [3.63, 3.8) is 0 Å². The number of allylic oxidation sites excluding steroid dienone is 4. The van der Waals surface area contributed by atoms with Crippen LogP contribution in [0.4, 0.5) is 8.78 Å². The molecule has 0 saturated carbocycles. The molecule has 2 atom stereocenters. The number of rotatable bonds is 8. The highest BCUT2D eigenvalue weighted by Crippen LogP contribution is 2.30. The van der Waals surface area contributed by atoms with Gasteiger partial charge in [-0.2, -0.15) is 0 Å². The van der Waals surface area contributed by atoms with E-state index in [2.05, 4.69) is 0 Å². The molecule has 106 valence electrons.